The van der Waals surface area contributed by atoms with Crippen LogP contribution in [0.4, 0.5) is 5.69 Å². The van der Waals surface area contributed by atoms with Gasteiger partial charge in [0.15, 0.2) is 0 Å². The lowest BCUT2D eigenvalue weighted by atomic mass is 9.49. The molecule has 6 rings (SSSR count). The number of nitrogens with zero attached hydrogens (tertiary/aromatic N) is 2. The smallest absolute Gasteiger partial charge is 0.226 e. The van der Waals surface area contributed by atoms with Crippen molar-refractivity contribution in [1.82, 2.24) is 10.2 Å². The molecular formula is C26H39N3O. The third-order valence-corrected chi connectivity index (χ3v) is 8.72. The molecule has 1 saturated heterocycles. The van der Waals surface area contributed by atoms with E-state index in [1.165, 1.54) is 36.1 Å². The number of anilines is 1. The monoisotopic (exact) mass is 409 g/mol. The Labute approximate surface area is 182 Å². The zero-order chi connectivity index (χ0) is 20.9. The number of hydrogen-bond acceptors (Lipinski definition) is 3. The first kappa shape index (κ1) is 20.4. The maximum absolute atomic E-state index is 13.3. The lowest BCUT2D eigenvalue weighted by Gasteiger charge is -2.55. The predicted molar refractivity (Wildman–Crippen MR) is 123 cm³/mol. The SMILES string of the molecule is Cc1cccc(N2CCN(C[C@@H](C)NC(=O)C34CC5CC(CC(C5)C3)C4)CC2)c1C. The van der Waals surface area contributed by atoms with Gasteiger partial charge in [-0.2, -0.15) is 0 Å². The van der Waals surface area contributed by atoms with Crippen LogP contribution in [-0.4, -0.2) is 49.6 Å². The van der Waals surface area contributed by atoms with Gasteiger partial charge in [-0.05, 0) is 94.2 Å². The molecule has 4 bridgehead atoms. The van der Waals surface area contributed by atoms with Crippen LogP contribution < -0.4 is 10.2 Å². The van der Waals surface area contributed by atoms with E-state index in [0.29, 0.717) is 5.91 Å². The van der Waals surface area contributed by atoms with Crippen molar-refractivity contribution in [3.8, 4) is 0 Å². The number of carbonyl (C=O) groups is 1. The highest BCUT2D eigenvalue weighted by Crippen LogP contribution is 2.60. The summed E-state index contributed by atoms with van der Waals surface area (Å²) in [5.74, 6) is 2.87. The van der Waals surface area contributed by atoms with Crippen LogP contribution in [0.15, 0.2) is 18.2 Å². The van der Waals surface area contributed by atoms with Crippen LogP contribution in [0.25, 0.3) is 0 Å². The first-order valence-electron chi connectivity index (χ1n) is 12.3. The average molecular weight is 410 g/mol. The highest BCUT2D eigenvalue weighted by atomic mass is 16.2. The number of carbonyl (C=O) groups excluding carboxylic acids is 1. The molecule has 4 aliphatic carbocycles. The van der Waals surface area contributed by atoms with Crippen LogP contribution in [0.1, 0.15) is 56.6 Å². The van der Waals surface area contributed by atoms with Gasteiger partial charge in [0.2, 0.25) is 5.91 Å². The molecule has 1 aliphatic heterocycles. The van der Waals surface area contributed by atoms with Crippen molar-refractivity contribution in [3.05, 3.63) is 29.3 Å². The largest absolute Gasteiger partial charge is 0.369 e. The topological polar surface area (TPSA) is 35.6 Å². The highest BCUT2D eigenvalue weighted by Gasteiger charge is 2.54. The van der Waals surface area contributed by atoms with Crippen LogP contribution in [0.5, 0.6) is 0 Å². The Balaban J connectivity index is 1.13. The van der Waals surface area contributed by atoms with E-state index < -0.39 is 0 Å². The van der Waals surface area contributed by atoms with Gasteiger partial charge in [0, 0.05) is 49.9 Å². The van der Waals surface area contributed by atoms with Crippen LogP contribution >= 0.6 is 0 Å². The van der Waals surface area contributed by atoms with E-state index in [1.54, 1.807) is 0 Å². The van der Waals surface area contributed by atoms with Crippen molar-refractivity contribution >= 4 is 11.6 Å². The third-order valence-electron chi connectivity index (χ3n) is 8.72. The molecule has 1 aromatic carbocycles. The number of hydrogen-bond donors (Lipinski definition) is 1. The van der Waals surface area contributed by atoms with Crippen molar-refractivity contribution in [2.45, 2.75) is 65.3 Å². The lowest BCUT2D eigenvalue weighted by Crippen LogP contribution is -2.57. The fraction of sp³-hybridized carbons (Fsp3) is 0.731. The fourth-order valence-corrected chi connectivity index (χ4v) is 7.45. The molecule has 1 atom stereocenters. The second kappa shape index (κ2) is 7.85. The highest BCUT2D eigenvalue weighted by molar-refractivity contribution is 5.83. The number of rotatable bonds is 5. The molecule has 1 aromatic rings. The summed E-state index contributed by atoms with van der Waals surface area (Å²) in [5, 5.41) is 3.45. The van der Waals surface area contributed by atoms with E-state index >= 15 is 0 Å². The van der Waals surface area contributed by atoms with Gasteiger partial charge in [0.05, 0.1) is 0 Å². The number of benzene rings is 1. The Bertz CT molecular complexity index is 760. The van der Waals surface area contributed by atoms with Crippen LogP contribution in [0.2, 0.25) is 0 Å². The molecule has 1 heterocycles. The number of aryl methyl sites for hydroxylation is 1. The molecule has 164 valence electrons. The summed E-state index contributed by atoms with van der Waals surface area (Å²) in [6.07, 6.45) is 7.66. The summed E-state index contributed by atoms with van der Waals surface area (Å²) in [6, 6.07) is 6.86. The van der Waals surface area contributed by atoms with Crippen LogP contribution in [-0.2, 0) is 4.79 Å². The molecule has 1 amide bonds. The van der Waals surface area contributed by atoms with Gasteiger partial charge in [-0.1, -0.05) is 12.1 Å². The Morgan fingerprint density at radius 3 is 2.23 bits per heavy atom. The van der Waals surface area contributed by atoms with Crippen LogP contribution in [0, 0.1) is 37.0 Å². The van der Waals surface area contributed by atoms with E-state index in [0.717, 1.165) is 69.7 Å². The van der Waals surface area contributed by atoms with Gasteiger partial charge in [-0.3, -0.25) is 9.69 Å². The molecular weight excluding hydrogens is 370 g/mol. The maximum atomic E-state index is 13.3. The fourth-order valence-electron chi connectivity index (χ4n) is 7.45. The first-order valence-corrected chi connectivity index (χ1v) is 12.3. The number of amides is 1. The first-order chi connectivity index (χ1) is 14.4. The van der Waals surface area contributed by atoms with E-state index in [2.05, 4.69) is 54.1 Å². The number of nitrogens with one attached hydrogen (secondary N) is 1. The summed E-state index contributed by atoms with van der Waals surface area (Å²) >= 11 is 0. The molecule has 0 unspecified atom stereocenters. The van der Waals surface area contributed by atoms with Gasteiger partial charge in [0.25, 0.3) is 0 Å². The van der Waals surface area contributed by atoms with Gasteiger partial charge >= 0.3 is 0 Å². The Kier molecular flexibility index (Phi) is 5.33. The van der Waals surface area contributed by atoms with E-state index in [9.17, 15) is 4.79 Å². The molecule has 4 heteroatoms. The summed E-state index contributed by atoms with van der Waals surface area (Å²) in [6.45, 7) is 11.9. The molecule has 4 saturated carbocycles. The Hall–Kier alpha value is -1.55. The quantitative estimate of drug-likeness (QED) is 0.794. The zero-order valence-electron chi connectivity index (χ0n) is 19.1. The second-order valence-corrected chi connectivity index (χ2v) is 11.1. The Morgan fingerprint density at radius 1 is 1.03 bits per heavy atom. The third kappa shape index (κ3) is 3.77. The van der Waals surface area contributed by atoms with Crippen molar-refractivity contribution in [1.29, 1.82) is 0 Å². The standard InChI is InChI=1S/C26H39N3O/c1-18-5-4-6-24(20(18)3)29-9-7-28(8-10-29)17-19(2)27-25(30)26-14-21-11-22(15-26)13-23(12-21)16-26/h4-6,19,21-23H,7-17H2,1-3H3,(H,27,30)/t19-,21?,22?,23?,26?/m1/s1. The van der Waals surface area contributed by atoms with Crippen molar-refractivity contribution in [3.63, 3.8) is 0 Å². The summed E-state index contributed by atoms with van der Waals surface area (Å²) in [7, 11) is 0. The Morgan fingerprint density at radius 2 is 1.63 bits per heavy atom. The van der Waals surface area contributed by atoms with Crippen LogP contribution in [0.3, 0.4) is 0 Å². The van der Waals surface area contributed by atoms with Crippen molar-refractivity contribution in [2.75, 3.05) is 37.6 Å². The van der Waals surface area contributed by atoms with Crippen molar-refractivity contribution < 1.29 is 4.79 Å². The van der Waals surface area contributed by atoms with E-state index in [4.69, 9.17) is 0 Å². The maximum Gasteiger partial charge on any atom is 0.226 e. The molecule has 0 spiro atoms. The zero-order valence-corrected chi connectivity index (χ0v) is 19.1. The summed E-state index contributed by atoms with van der Waals surface area (Å²) in [4.78, 5) is 18.4. The van der Waals surface area contributed by atoms with E-state index in [1.807, 2.05) is 0 Å². The minimum absolute atomic E-state index is 0.0234. The molecule has 0 aromatic heterocycles. The van der Waals surface area contributed by atoms with E-state index in [-0.39, 0.29) is 11.5 Å². The predicted octanol–water partition coefficient (Wildman–Crippen LogP) is 4.15. The lowest BCUT2D eigenvalue weighted by molar-refractivity contribution is -0.147. The second-order valence-electron chi connectivity index (χ2n) is 11.1. The molecule has 0 radical (unpaired) electrons. The van der Waals surface area contributed by atoms with Gasteiger partial charge in [-0.15, -0.1) is 0 Å². The molecule has 30 heavy (non-hydrogen) atoms. The molecule has 5 fully saturated rings. The molecule has 5 aliphatic rings. The molecule has 1 N–H and O–H groups in total. The van der Waals surface area contributed by atoms with Gasteiger partial charge < -0.3 is 10.2 Å². The average Bonchev–Trinajstić information content (AvgIpc) is 2.70. The summed E-state index contributed by atoms with van der Waals surface area (Å²) in [5.41, 5.74) is 4.14. The van der Waals surface area contributed by atoms with Gasteiger partial charge in [0.1, 0.15) is 0 Å². The van der Waals surface area contributed by atoms with Gasteiger partial charge in [-0.25, -0.2) is 0 Å². The molecule has 4 nitrogen and oxygen atoms in total. The van der Waals surface area contributed by atoms with Crippen molar-refractivity contribution in [2.24, 2.45) is 23.2 Å². The number of piperazine rings is 1. The summed E-state index contributed by atoms with van der Waals surface area (Å²) < 4.78 is 0. The normalized spacial score (nSPS) is 34.2. The minimum atomic E-state index is -0.0234. The minimum Gasteiger partial charge on any atom is -0.369 e.